The van der Waals surface area contributed by atoms with Gasteiger partial charge in [-0.15, -0.1) is 11.3 Å². The Bertz CT molecular complexity index is 1100. The lowest BCUT2D eigenvalue weighted by Crippen LogP contribution is -2.01. The summed E-state index contributed by atoms with van der Waals surface area (Å²) in [6, 6.07) is 11.3. The Kier molecular flexibility index (Phi) is 5.36. The highest BCUT2D eigenvalue weighted by molar-refractivity contribution is 7.83. The number of hydrogen-bond acceptors (Lipinski definition) is 8. The van der Waals surface area contributed by atoms with Crippen molar-refractivity contribution in [2.75, 3.05) is 7.11 Å². The number of oxazole rings is 1. The number of nitrogens with zero attached hydrogens (tertiary/aromatic N) is 3. The van der Waals surface area contributed by atoms with Crippen LogP contribution in [0.15, 0.2) is 50.7 Å². The quantitative estimate of drug-likeness (QED) is 0.446. The van der Waals surface area contributed by atoms with E-state index in [-0.39, 0.29) is 11.5 Å². The molecule has 0 bridgehead atoms. The maximum absolute atomic E-state index is 12.6. The second kappa shape index (κ2) is 8.07. The lowest BCUT2D eigenvalue weighted by Gasteiger charge is -2.03. The van der Waals surface area contributed by atoms with Gasteiger partial charge in [-0.05, 0) is 30.5 Å². The Labute approximate surface area is 167 Å². The maximum atomic E-state index is 12.6. The summed E-state index contributed by atoms with van der Waals surface area (Å²) in [5.41, 5.74) is 1.39. The number of methoxy groups -OCH3 is 1. The van der Waals surface area contributed by atoms with Crippen LogP contribution in [-0.4, -0.2) is 26.4 Å². The van der Waals surface area contributed by atoms with Gasteiger partial charge in [0, 0.05) is 10.8 Å². The molecule has 144 valence electrons. The van der Waals surface area contributed by atoms with E-state index in [1.54, 1.807) is 18.4 Å². The molecule has 0 amide bonds. The molecule has 0 aliphatic heterocycles. The van der Waals surface area contributed by atoms with Gasteiger partial charge in [0.2, 0.25) is 17.6 Å². The van der Waals surface area contributed by atoms with E-state index in [0.29, 0.717) is 34.8 Å². The number of thiophene rings is 1. The van der Waals surface area contributed by atoms with Gasteiger partial charge in [-0.3, -0.25) is 4.21 Å². The second-order valence-corrected chi connectivity index (χ2v) is 8.34. The molecule has 0 saturated heterocycles. The Morgan fingerprint density at radius 1 is 1.14 bits per heavy atom. The molecule has 0 N–H and O–H groups in total. The van der Waals surface area contributed by atoms with Crippen molar-refractivity contribution in [1.82, 2.24) is 15.1 Å². The minimum atomic E-state index is -1.26. The van der Waals surface area contributed by atoms with Crippen molar-refractivity contribution in [2.24, 2.45) is 0 Å². The molecule has 1 unspecified atom stereocenters. The fourth-order valence-electron chi connectivity index (χ4n) is 2.66. The van der Waals surface area contributed by atoms with Crippen molar-refractivity contribution in [3.05, 3.63) is 59.1 Å². The van der Waals surface area contributed by atoms with Gasteiger partial charge in [-0.1, -0.05) is 23.4 Å². The molecule has 9 heteroatoms. The zero-order chi connectivity index (χ0) is 19.5. The molecular formula is C19H17N3O4S2. The monoisotopic (exact) mass is 415 g/mol. The van der Waals surface area contributed by atoms with Gasteiger partial charge in [-0.2, -0.15) is 4.98 Å². The zero-order valence-electron chi connectivity index (χ0n) is 15.2. The number of hydrogen-bond donors (Lipinski definition) is 0. The Morgan fingerprint density at radius 2 is 2.00 bits per heavy atom. The van der Waals surface area contributed by atoms with E-state index in [1.807, 2.05) is 48.7 Å². The summed E-state index contributed by atoms with van der Waals surface area (Å²) < 4.78 is 28.9. The normalized spacial score (nSPS) is 12.2. The smallest absolute Gasteiger partial charge is 0.239 e. The van der Waals surface area contributed by atoms with Gasteiger partial charge in [0.05, 0.1) is 29.0 Å². The highest BCUT2D eigenvalue weighted by Gasteiger charge is 2.18. The van der Waals surface area contributed by atoms with Crippen LogP contribution < -0.4 is 4.74 Å². The van der Waals surface area contributed by atoms with Crippen LogP contribution in [0.1, 0.15) is 17.3 Å². The van der Waals surface area contributed by atoms with Crippen molar-refractivity contribution in [1.29, 1.82) is 0 Å². The molecule has 7 nitrogen and oxygen atoms in total. The average Bonchev–Trinajstić information content (AvgIpc) is 3.44. The first-order valence-corrected chi connectivity index (χ1v) is 10.8. The van der Waals surface area contributed by atoms with E-state index in [0.717, 1.165) is 10.4 Å². The summed E-state index contributed by atoms with van der Waals surface area (Å²) in [6.45, 7) is 1.82. The number of aromatic nitrogens is 3. The van der Waals surface area contributed by atoms with Gasteiger partial charge in [0.25, 0.3) is 0 Å². The predicted molar refractivity (Wildman–Crippen MR) is 106 cm³/mol. The van der Waals surface area contributed by atoms with E-state index in [4.69, 9.17) is 13.7 Å². The van der Waals surface area contributed by atoms with Crippen LogP contribution >= 0.6 is 11.3 Å². The van der Waals surface area contributed by atoms with Crippen LogP contribution in [0.2, 0.25) is 0 Å². The fourth-order valence-corrected chi connectivity index (χ4v) is 4.38. The number of para-hydroxylation sites is 1. The van der Waals surface area contributed by atoms with Crippen molar-refractivity contribution in [2.45, 2.75) is 18.4 Å². The Hall–Kier alpha value is -2.78. The first kappa shape index (κ1) is 18.6. The summed E-state index contributed by atoms with van der Waals surface area (Å²) >= 11 is 1.55. The molecule has 0 spiro atoms. The van der Waals surface area contributed by atoms with E-state index >= 15 is 0 Å². The summed E-state index contributed by atoms with van der Waals surface area (Å²) in [5, 5.41) is 5.94. The van der Waals surface area contributed by atoms with Crippen LogP contribution in [0.3, 0.4) is 0 Å². The second-order valence-electron chi connectivity index (χ2n) is 5.94. The topological polar surface area (TPSA) is 91.2 Å². The lowest BCUT2D eigenvalue weighted by atomic mass is 10.2. The summed E-state index contributed by atoms with van der Waals surface area (Å²) in [7, 11) is 0.320. The SMILES string of the molecule is COc1ccccc1-c1noc(CS(=O)Cc2nc(-c3cccs3)oc2C)n1. The molecule has 0 radical (unpaired) electrons. The van der Waals surface area contributed by atoms with Gasteiger partial charge in [0.1, 0.15) is 17.3 Å². The third kappa shape index (κ3) is 3.90. The number of benzene rings is 1. The van der Waals surface area contributed by atoms with E-state index in [2.05, 4.69) is 15.1 Å². The largest absolute Gasteiger partial charge is 0.496 e. The number of aryl methyl sites for hydroxylation is 1. The first-order chi connectivity index (χ1) is 13.6. The van der Waals surface area contributed by atoms with E-state index < -0.39 is 10.8 Å². The van der Waals surface area contributed by atoms with E-state index in [9.17, 15) is 4.21 Å². The molecule has 1 atom stereocenters. The van der Waals surface area contributed by atoms with Crippen LogP contribution in [0.25, 0.3) is 22.2 Å². The maximum Gasteiger partial charge on any atom is 0.239 e. The predicted octanol–water partition coefficient (Wildman–Crippen LogP) is 4.22. The fraction of sp³-hybridized carbons (Fsp3) is 0.211. The minimum Gasteiger partial charge on any atom is -0.496 e. The van der Waals surface area contributed by atoms with Gasteiger partial charge >= 0.3 is 0 Å². The van der Waals surface area contributed by atoms with Gasteiger partial charge in [-0.25, -0.2) is 4.98 Å². The van der Waals surface area contributed by atoms with Crippen LogP contribution in [0.4, 0.5) is 0 Å². The van der Waals surface area contributed by atoms with Crippen molar-refractivity contribution in [3.8, 4) is 27.9 Å². The Morgan fingerprint density at radius 3 is 2.79 bits per heavy atom. The highest BCUT2D eigenvalue weighted by Crippen LogP contribution is 2.28. The van der Waals surface area contributed by atoms with Crippen molar-refractivity contribution >= 4 is 22.1 Å². The third-order valence-electron chi connectivity index (χ3n) is 4.02. The lowest BCUT2D eigenvalue weighted by molar-refractivity contribution is 0.389. The first-order valence-electron chi connectivity index (χ1n) is 8.45. The highest BCUT2D eigenvalue weighted by atomic mass is 32.2. The molecule has 0 saturated carbocycles. The summed E-state index contributed by atoms with van der Waals surface area (Å²) in [6.07, 6.45) is 0. The zero-order valence-corrected chi connectivity index (χ0v) is 16.9. The van der Waals surface area contributed by atoms with Crippen molar-refractivity contribution in [3.63, 3.8) is 0 Å². The molecule has 4 rings (SSSR count). The minimum absolute atomic E-state index is 0.142. The average molecular weight is 415 g/mol. The Balaban J connectivity index is 1.46. The van der Waals surface area contributed by atoms with Crippen LogP contribution in [0, 0.1) is 6.92 Å². The molecule has 0 fully saturated rings. The third-order valence-corrected chi connectivity index (χ3v) is 6.04. The van der Waals surface area contributed by atoms with Crippen LogP contribution in [-0.2, 0) is 22.3 Å². The van der Waals surface area contributed by atoms with Gasteiger partial charge < -0.3 is 13.7 Å². The number of ether oxygens (including phenoxy) is 1. The summed E-state index contributed by atoms with van der Waals surface area (Å²) in [4.78, 5) is 9.77. The molecule has 1 aromatic carbocycles. The van der Waals surface area contributed by atoms with Gasteiger partial charge in [0.15, 0.2) is 0 Å². The van der Waals surface area contributed by atoms with Crippen molar-refractivity contribution < 1.29 is 17.9 Å². The molecule has 4 aromatic rings. The molecule has 28 heavy (non-hydrogen) atoms. The molecule has 0 aliphatic carbocycles. The van der Waals surface area contributed by atoms with Crippen LogP contribution in [0.5, 0.6) is 5.75 Å². The number of rotatable bonds is 7. The molecular weight excluding hydrogens is 398 g/mol. The molecule has 3 heterocycles. The molecule has 3 aromatic heterocycles. The summed E-state index contributed by atoms with van der Waals surface area (Å²) in [5.74, 6) is 2.97. The van der Waals surface area contributed by atoms with E-state index in [1.165, 1.54) is 0 Å². The molecule has 0 aliphatic rings. The standard InChI is InChI=1S/C19H17N3O4S2/c1-12-14(20-19(25-12)16-8-5-9-27-16)10-28(23)11-17-21-18(22-26-17)13-6-3-4-7-15(13)24-2/h3-9H,10-11H2,1-2H3.